The van der Waals surface area contributed by atoms with Crippen molar-refractivity contribution in [2.24, 2.45) is 0 Å². The molecule has 0 amide bonds. The molecule has 4 heterocycles. The molecule has 1 atom stereocenters. The molecule has 34 heavy (non-hydrogen) atoms. The molecule has 0 aliphatic carbocycles. The Hall–Kier alpha value is -3.69. The van der Waals surface area contributed by atoms with Gasteiger partial charge in [-0.3, -0.25) is 14.1 Å². The second-order valence-corrected chi connectivity index (χ2v) is 8.48. The van der Waals surface area contributed by atoms with Crippen LogP contribution >= 0.6 is 0 Å². The number of likely N-dealkylation sites (tertiary alicyclic amines) is 1. The summed E-state index contributed by atoms with van der Waals surface area (Å²) in [6.45, 7) is 1.90. The fourth-order valence-corrected chi connectivity index (χ4v) is 4.30. The number of imidazole rings is 1. The molecule has 0 radical (unpaired) electrons. The molecule has 1 fully saturated rings. The van der Waals surface area contributed by atoms with Crippen LogP contribution in [0.4, 0.5) is 10.2 Å². The zero-order valence-electron chi connectivity index (χ0n) is 18.6. The third-order valence-electron chi connectivity index (χ3n) is 6.04. The number of ketones is 1. The van der Waals surface area contributed by atoms with Gasteiger partial charge in [-0.1, -0.05) is 24.3 Å². The van der Waals surface area contributed by atoms with Gasteiger partial charge >= 0.3 is 0 Å². The molecule has 3 aromatic heterocycles. The maximum absolute atomic E-state index is 13.7. The summed E-state index contributed by atoms with van der Waals surface area (Å²) in [5, 5.41) is 12.6. The largest absolute Gasteiger partial charge is 0.392 e. The number of benzene rings is 1. The zero-order chi connectivity index (χ0) is 23.5. The van der Waals surface area contributed by atoms with Gasteiger partial charge in [0.1, 0.15) is 23.0 Å². The molecule has 2 N–H and O–H groups in total. The molecule has 9 heteroatoms. The molecular formula is C25H25FN6O2. The number of hydrogen-bond acceptors (Lipinski definition) is 7. The normalized spacial score (nSPS) is 16.6. The lowest BCUT2D eigenvalue weighted by molar-refractivity contribution is 0.0911. The monoisotopic (exact) mass is 460 g/mol. The number of hydrogen-bond donors (Lipinski definition) is 2. The van der Waals surface area contributed by atoms with Crippen LogP contribution in [0.2, 0.25) is 0 Å². The molecule has 0 saturated carbocycles. The van der Waals surface area contributed by atoms with Gasteiger partial charge in [-0.15, -0.1) is 0 Å². The number of Topliss-reactive ketones (excluding diaryl/α,β-unsaturated/α-hetero) is 1. The summed E-state index contributed by atoms with van der Waals surface area (Å²) in [7, 11) is 0. The summed E-state index contributed by atoms with van der Waals surface area (Å²) in [5.74, 6) is 0.836. The van der Waals surface area contributed by atoms with Gasteiger partial charge in [0.2, 0.25) is 0 Å². The fourth-order valence-electron chi connectivity index (χ4n) is 4.30. The first kappa shape index (κ1) is 22.1. The smallest absolute Gasteiger partial charge is 0.180 e. The Balaban J connectivity index is 1.25. The van der Waals surface area contributed by atoms with Gasteiger partial charge in [0.15, 0.2) is 11.6 Å². The highest BCUT2D eigenvalue weighted by Crippen LogP contribution is 2.21. The van der Waals surface area contributed by atoms with Crippen molar-refractivity contribution in [2.45, 2.75) is 25.5 Å². The predicted molar refractivity (Wildman–Crippen MR) is 126 cm³/mol. The Bertz CT molecular complexity index is 1310. The molecule has 5 rings (SSSR count). The molecule has 0 unspecified atom stereocenters. The number of aliphatic hydroxyl groups excluding tert-OH is 1. The molecule has 1 aromatic carbocycles. The van der Waals surface area contributed by atoms with E-state index in [2.05, 4.69) is 25.2 Å². The molecule has 8 nitrogen and oxygen atoms in total. The molecule has 0 bridgehead atoms. The standard InChI is InChI=1S/C25H25FN6O2/c26-19-7-8-24-28-12-21(32(24)13-19)25-27-10-9-23(30-25)29-20-2-1-11-31(14-20)15-22(34)18-5-3-17(16-33)4-6-18/h3-10,12-13,20,33H,1-2,11,14-16H2,(H,27,29,30)/t20-/m1/s1. The Kier molecular flexibility index (Phi) is 6.29. The highest BCUT2D eigenvalue weighted by Gasteiger charge is 2.22. The summed E-state index contributed by atoms with van der Waals surface area (Å²) < 4.78 is 15.4. The lowest BCUT2D eigenvalue weighted by atomic mass is 10.0. The van der Waals surface area contributed by atoms with Crippen molar-refractivity contribution in [3.8, 4) is 11.5 Å². The van der Waals surface area contributed by atoms with Crippen molar-refractivity contribution in [3.63, 3.8) is 0 Å². The third-order valence-corrected chi connectivity index (χ3v) is 6.04. The van der Waals surface area contributed by atoms with Gasteiger partial charge in [-0.25, -0.2) is 19.3 Å². The van der Waals surface area contributed by atoms with Crippen molar-refractivity contribution in [1.82, 2.24) is 24.3 Å². The van der Waals surface area contributed by atoms with Gasteiger partial charge in [0.25, 0.3) is 0 Å². The minimum atomic E-state index is -0.359. The Labute approximate surface area is 196 Å². The lowest BCUT2D eigenvalue weighted by Gasteiger charge is -2.33. The topological polar surface area (TPSA) is 95.7 Å². The number of halogens is 1. The number of nitrogens with zero attached hydrogens (tertiary/aromatic N) is 5. The van der Waals surface area contributed by atoms with Crippen molar-refractivity contribution in [2.75, 3.05) is 25.0 Å². The Morgan fingerprint density at radius 2 is 2.00 bits per heavy atom. The minimum Gasteiger partial charge on any atom is -0.392 e. The lowest BCUT2D eigenvalue weighted by Crippen LogP contribution is -2.44. The summed E-state index contributed by atoms with van der Waals surface area (Å²) in [6.07, 6.45) is 6.61. The maximum Gasteiger partial charge on any atom is 0.180 e. The first-order valence-corrected chi connectivity index (χ1v) is 11.3. The Morgan fingerprint density at radius 3 is 2.82 bits per heavy atom. The molecule has 174 valence electrons. The number of nitrogens with one attached hydrogen (secondary N) is 1. The van der Waals surface area contributed by atoms with E-state index in [9.17, 15) is 14.3 Å². The number of aromatic nitrogens is 4. The van der Waals surface area contributed by atoms with Crippen LogP contribution in [0.5, 0.6) is 0 Å². The van der Waals surface area contributed by atoms with Crippen LogP contribution in [0, 0.1) is 5.82 Å². The van der Waals surface area contributed by atoms with Gasteiger partial charge in [0.05, 0.1) is 19.3 Å². The van der Waals surface area contributed by atoms with Gasteiger partial charge in [-0.05, 0) is 43.1 Å². The van der Waals surface area contributed by atoms with Crippen LogP contribution in [0.25, 0.3) is 17.2 Å². The summed E-state index contributed by atoms with van der Waals surface area (Å²) in [5.41, 5.74) is 2.67. The highest BCUT2D eigenvalue weighted by molar-refractivity contribution is 5.97. The third kappa shape index (κ3) is 4.80. The van der Waals surface area contributed by atoms with Crippen LogP contribution < -0.4 is 5.32 Å². The van der Waals surface area contributed by atoms with E-state index >= 15 is 0 Å². The fraction of sp³-hybridized carbons (Fsp3) is 0.280. The average molecular weight is 461 g/mol. The summed E-state index contributed by atoms with van der Waals surface area (Å²) >= 11 is 0. The molecule has 4 aromatic rings. The maximum atomic E-state index is 13.7. The van der Waals surface area contributed by atoms with E-state index in [4.69, 9.17) is 0 Å². The molecule has 1 aliphatic heterocycles. The number of piperidine rings is 1. The quantitative estimate of drug-likeness (QED) is 0.409. The van der Waals surface area contributed by atoms with Crippen LogP contribution in [0.1, 0.15) is 28.8 Å². The number of rotatable bonds is 7. The molecular weight excluding hydrogens is 435 g/mol. The minimum absolute atomic E-state index is 0.0349. The highest BCUT2D eigenvalue weighted by atomic mass is 19.1. The number of carbonyl (C=O) groups excluding carboxylic acids is 1. The van der Waals surface area contributed by atoms with E-state index in [1.165, 1.54) is 12.3 Å². The first-order chi connectivity index (χ1) is 16.6. The van der Waals surface area contributed by atoms with Gasteiger partial charge in [-0.2, -0.15) is 0 Å². The number of pyridine rings is 1. The van der Waals surface area contributed by atoms with Crippen molar-refractivity contribution in [1.29, 1.82) is 0 Å². The van der Waals surface area contributed by atoms with Crippen LogP contribution in [-0.2, 0) is 6.61 Å². The van der Waals surface area contributed by atoms with Gasteiger partial charge < -0.3 is 10.4 Å². The van der Waals surface area contributed by atoms with E-state index in [0.717, 1.165) is 31.5 Å². The SMILES string of the molecule is O=C(CN1CCC[C@@H](Nc2ccnc(-c3cnc4ccc(F)cn34)n2)C1)c1ccc(CO)cc1. The molecule has 0 spiro atoms. The van der Waals surface area contributed by atoms with Crippen molar-refractivity contribution < 1.29 is 14.3 Å². The van der Waals surface area contributed by atoms with Crippen LogP contribution in [0.3, 0.4) is 0 Å². The summed E-state index contributed by atoms with van der Waals surface area (Å²) in [6, 6.07) is 12.0. The van der Waals surface area contributed by atoms with Crippen LogP contribution in [0.15, 0.2) is 61.1 Å². The molecule has 1 aliphatic rings. The number of fused-ring (bicyclic) bond motifs is 1. The van der Waals surface area contributed by atoms with E-state index in [1.54, 1.807) is 53.2 Å². The first-order valence-electron chi connectivity index (χ1n) is 11.3. The van der Waals surface area contributed by atoms with Crippen LogP contribution in [-0.4, -0.2) is 60.8 Å². The van der Waals surface area contributed by atoms with E-state index in [-0.39, 0.29) is 24.2 Å². The second kappa shape index (κ2) is 9.66. The van der Waals surface area contributed by atoms with Crippen molar-refractivity contribution in [3.05, 3.63) is 78.0 Å². The second-order valence-electron chi connectivity index (χ2n) is 8.48. The predicted octanol–water partition coefficient (Wildman–Crippen LogP) is 3.18. The van der Waals surface area contributed by atoms with Crippen molar-refractivity contribution >= 4 is 17.2 Å². The summed E-state index contributed by atoms with van der Waals surface area (Å²) in [4.78, 5) is 28.1. The van der Waals surface area contributed by atoms with E-state index in [1.807, 2.05) is 0 Å². The number of carbonyl (C=O) groups is 1. The van der Waals surface area contributed by atoms with E-state index in [0.29, 0.717) is 35.1 Å². The van der Waals surface area contributed by atoms with Gasteiger partial charge in [0, 0.05) is 30.5 Å². The number of anilines is 1. The zero-order valence-corrected chi connectivity index (χ0v) is 18.6. The average Bonchev–Trinajstić information content (AvgIpc) is 3.27. The molecule has 1 saturated heterocycles. The van der Waals surface area contributed by atoms with E-state index < -0.39 is 0 Å². The Morgan fingerprint density at radius 1 is 1.15 bits per heavy atom. The number of aliphatic hydroxyl groups is 1.